The normalized spacial score (nSPS) is 17.4. The van der Waals surface area contributed by atoms with Crippen molar-refractivity contribution in [3.05, 3.63) is 47.0 Å². The Morgan fingerprint density at radius 3 is 2.46 bits per heavy atom. The van der Waals surface area contributed by atoms with Gasteiger partial charge in [-0.3, -0.25) is 0 Å². The van der Waals surface area contributed by atoms with Crippen LogP contribution in [-0.2, 0) is 13.0 Å². The molecule has 128 valence electrons. The number of benzene rings is 2. The Kier molecular flexibility index (Phi) is 4.53. The third-order valence-corrected chi connectivity index (χ3v) is 4.67. The van der Waals surface area contributed by atoms with Gasteiger partial charge in [0.15, 0.2) is 23.0 Å². The highest BCUT2D eigenvalue weighted by atomic mass is 16.5. The van der Waals surface area contributed by atoms with Gasteiger partial charge in [0.25, 0.3) is 0 Å². The number of likely N-dealkylation sites (N-methyl/N-ethyl adjacent to an activating group) is 1. The Bertz CT molecular complexity index is 744. The van der Waals surface area contributed by atoms with Crippen LogP contribution in [0.15, 0.2) is 30.3 Å². The van der Waals surface area contributed by atoms with E-state index in [1.807, 2.05) is 25.2 Å². The van der Waals surface area contributed by atoms with E-state index in [2.05, 4.69) is 4.90 Å². The molecular formula is C19H23NO4. The number of aromatic hydroxyl groups is 2. The highest BCUT2D eigenvalue weighted by Gasteiger charge is 2.28. The van der Waals surface area contributed by atoms with Crippen molar-refractivity contribution in [3.63, 3.8) is 0 Å². The van der Waals surface area contributed by atoms with Crippen LogP contribution in [0.1, 0.15) is 22.6 Å². The molecule has 0 saturated heterocycles. The molecule has 2 N–H and O–H groups in total. The SMILES string of the molecule is COc1cccc(C[C@H]2CN(C)Cc3c2ccc(OC)c3O)c1O. The monoisotopic (exact) mass is 329 g/mol. The smallest absolute Gasteiger partial charge is 0.162 e. The van der Waals surface area contributed by atoms with E-state index in [4.69, 9.17) is 9.47 Å². The van der Waals surface area contributed by atoms with Gasteiger partial charge in [-0.25, -0.2) is 0 Å². The average molecular weight is 329 g/mol. The lowest BCUT2D eigenvalue weighted by Crippen LogP contribution is -2.31. The number of methoxy groups -OCH3 is 2. The number of ether oxygens (including phenoxy) is 2. The standard InChI is InChI=1S/C19H23NO4/c1-20-10-13(9-12-5-4-6-16(23-2)18(12)21)14-7-8-17(24-3)19(22)15(14)11-20/h4-8,13,21-22H,9-11H2,1-3H3/t13-/m0/s1. The molecule has 1 heterocycles. The Labute approximate surface area is 142 Å². The molecule has 0 radical (unpaired) electrons. The predicted octanol–water partition coefficient (Wildman–Crippen LogP) is 2.89. The summed E-state index contributed by atoms with van der Waals surface area (Å²) in [5.74, 6) is 1.55. The van der Waals surface area contributed by atoms with E-state index >= 15 is 0 Å². The van der Waals surface area contributed by atoms with E-state index in [-0.39, 0.29) is 17.4 Å². The molecule has 2 aromatic carbocycles. The van der Waals surface area contributed by atoms with Crippen LogP contribution in [0, 0.1) is 0 Å². The zero-order valence-electron chi connectivity index (χ0n) is 14.2. The van der Waals surface area contributed by atoms with Gasteiger partial charge in [-0.15, -0.1) is 0 Å². The minimum atomic E-state index is 0.175. The summed E-state index contributed by atoms with van der Waals surface area (Å²) in [6.07, 6.45) is 0.673. The first-order valence-corrected chi connectivity index (χ1v) is 7.97. The molecule has 1 aliphatic rings. The molecule has 2 aromatic rings. The molecule has 5 nitrogen and oxygen atoms in total. The lowest BCUT2D eigenvalue weighted by atomic mass is 9.84. The van der Waals surface area contributed by atoms with Gasteiger partial charge in [0.2, 0.25) is 0 Å². The van der Waals surface area contributed by atoms with Gasteiger partial charge in [-0.2, -0.15) is 0 Å². The number of para-hydroxylation sites is 1. The molecule has 5 heteroatoms. The number of fused-ring (bicyclic) bond motifs is 1. The third-order valence-electron chi connectivity index (χ3n) is 4.67. The minimum Gasteiger partial charge on any atom is -0.504 e. The van der Waals surface area contributed by atoms with Gasteiger partial charge >= 0.3 is 0 Å². The quantitative estimate of drug-likeness (QED) is 0.903. The zero-order valence-corrected chi connectivity index (χ0v) is 14.2. The van der Waals surface area contributed by atoms with E-state index < -0.39 is 0 Å². The van der Waals surface area contributed by atoms with Crippen molar-refractivity contribution in [2.24, 2.45) is 0 Å². The second kappa shape index (κ2) is 6.61. The first-order valence-electron chi connectivity index (χ1n) is 7.97. The largest absolute Gasteiger partial charge is 0.504 e. The Morgan fingerprint density at radius 2 is 1.75 bits per heavy atom. The van der Waals surface area contributed by atoms with Gasteiger partial charge < -0.3 is 24.6 Å². The topological polar surface area (TPSA) is 62.2 Å². The minimum absolute atomic E-state index is 0.175. The number of phenols is 2. The third kappa shape index (κ3) is 2.87. The first-order chi connectivity index (χ1) is 11.5. The summed E-state index contributed by atoms with van der Waals surface area (Å²) < 4.78 is 10.4. The fourth-order valence-electron chi connectivity index (χ4n) is 3.49. The van der Waals surface area contributed by atoms with Crippen molar-refractivity contribution in [2.45, 2.75) is 18.9 Å². The molecule has 0 saturated carbocycles. The van der Waals surface area contributed by atoms with Crippen LogP contribution in [-0.4, -0.2) is 42.9 Å². The maximum Gasteiger partial charge on any atom is 0.162 e. The molecule has 0 amide bonds. The Balaban J connectivity index is 1.98. The summed E-state index contributed by atoms with van der Waals surface area (Å²) in [5, 5.41) is 20.8. The van der Waals surface area contributed by atoms with Crippen LogP contribution in [0.3, 0.4) is 0 Å². The second-order valence-electron chi connectivity index (χ2n) is 6.25. The van der Waals surface area contributed by atoms with E-state index in [1.54, 1.807) is 26.4 Å². The van der Waals surface area contributed by atoms with Gasteiger partial charge in [0.05, 0.1) is 14.2 Å². The Morgan fingerprint density at radius 1 is 1.04 bits per heavy atom. The van der Waals surface area contributed by atoms with Gasteiger partial charge in [-0.1, -0.05) is 18.2 Å². The molecule has 1 aliphatic heterocycles. The fourth-order valence-corrected chi connectivity index (χ4v) is 3.49. The molecule has 0 aliphatic carbocycles. The summed E-state index contributed by atoms with van der Waals surface area (Å²) >= 11 is 0. The van der Waals surface area contributed by atoms with Gasteiger partial charge in [0, 0.05) is 24.6 Å². The van der Waals surface area contributed by atoms with Crippen molar-refractivity contribution in [2.75, 3.05) is 27.8 Å². The van der Waals surface area contributed by atoms with E-state index in [0.29, 0.717) is 24.5 Å². The van der Waals surface area contributed by atoms with E-state index in [0.717, 1.165) is 23.2 Å². The molecule has 1 atom stereocenters. The van der Waals surface area contributed by atoms with E-state index in [9.17, 15) is 10.2 Å². The number of phenolic OH excluding ortho intramolecular Hbond substituents is 2. The lowest BCUT2D eigenvalue weighted by Gasteiger charge is -2.33. The molecule has 3 rings (SSSR count). The number of nitrogens with zero attached hydrogens (tertiary/aromatic N) is 1. The number of hydrogen-bond acceptors (Lipinski definition) is 5. The van der Waals surface area contributed by atoms with Crippen LogP contribution >= 0.6 is 0 Å². The van der Waals surface area contributed by atoms with Gasteiger partial charge in [-0.05, 0) is 36.7 Å². The van der Waals surface area contributed by atoms with Crippen molar-refractivity contribution in [1.82, 2.24) is 4.90 Å². The maximum atomic E-state index is 10.5. The fraction of sp³-hybridized carbons (Fsp3) is 0.368. The van der Waals surface area contributed by atoms with Crippen LogP contribution in [0.4, 0.5) is 0 Å². The number of rotatable bonds is 4. The van der Waals surface area contributed by atoms with Crippen molar-refractivity contribution in [3.8, 4) is 23.0 Å². The van der Waals surface area contributed by atoms with Gasteiger partial charge in [0.1, 0.15) is 0 Å². The summed E-state index contributed by atoms with van der Waals surface area (Å²) in [7, 11) is 5.13. The molecule has 0 spiro atoms. The Hall–Kier alpha value is -2.40. The molecular weight excluding hydrogens is 306 g/mol. The van der Waals surface area contributed by atoms with Crippen molar-refractivity contribution < 1.29 is 19.7 Å². The zero-order chi connectivity index (χ0) is 17.3. The number of hydrogen-bond donors (Lipinski definition) is 2. The van der Waals surface area contributed by atoms with Crippen LogP contribution in [0.5, 0.6) is 23.0 Å². The summed E-state index contributed by atoms with van der Waals surface area (Å²) in [5.41, 5.74) is 2.85. The molecule has 24 heavy (non-hydrogen) atoms. The average Bonchev–Trinajstić information content (AvgIpc) is 2.57. The predicted molar refractivity (Wildman–Crippen MR) is 92.1 cm³/mol. The highest BCUT2D eigenvalue weighted by molar-refractivity contribution is 5.53. The van der Waals surface area contributed by atoms with Crippen molar-refractivity contribution in [1.29, 1.82) is 0 Å². The summed E-state index contributed by atoms with van der Waals surface area (Å²) in [4.78, 5) is 2.17. The lowest BCUT2D eigenvalue weighted by molar-refractivity contribution is 0.269. The summed E-state index contributed by atoms with van der Waals surface area (Å²) in [6.45, 7) is 1.54. The van der Waals surface area contributed by atoms with Crippen LogP contribution in [0.2, 0.25) is 0 Å². The van der Waals surface area contributed by atoms with Crippen LogP contribution < -0.4 is 9.47 Å². The molecule has 0 aromatic heterocycles. The second-order valence-corrected chi connectivity index (χ2v) is 6.25. The first kappa shape index (κ1) is 16.5. The summed E-state index contributed by atoms with van der Waals surface area (Å²) in [6, 6.07) is 9.36. The molecule has 0 fully saturated rings. The van der Waals surface area contributed by atoms with Crippen molar-refractivity contribution >= 4 is 0 Å². The maximum absolute atomic E-state index is 10.5. The van der Waals surface area contributed by atoms with E-state index in [1.165, 1.54) is 0 Å². The molecule has 0 bridgehead atoms. The highest BCUT2D eigenvalue weighted by Crippen LogP contribution is 2.41. The van der Waals surface area contributed by atoms with Crippen LogP contribution in [0.25, 0.3) is 0 Å². The molecule has 0 unspecified atom stereocenters.